The number of ether oxygens (including phenoxy) is 1. The van der Waals surface area contributed by atoms with Crippen LogP contribution >= 0.6 is 12.2 Å². The summed E-state index contributed by atoms with van der Waals surface area (Å²) in [4.78, 5) is 8.68. The van der Waals surface area contributed by atoms with Crippen molar-refractivity contribution in [2.75, 3.05) is 30.9 Å². The van der Waals surface area contributed by atoms with Crippen molar-refractivity contribution in [3.8, 4) is 5.75 Å². The van der Waals surface area contributed by atoms with Crippen LogP contribution in [0.15, 0.2) is 72.9 Å². The number of thiocarbonyl (C=S) groups is 1. The second-order valence-electron chi connectivity index (χ2n) is 7.13. The molecule has 0 aliphatic carbocycles. The molecule has 0 unspecified atom stereocenters. The van der Waals surface area contributed by atoms with E-state index in [1.54, 1.807) is 0 Å². The predicted molar refractivity (Wildman–Crippen MR) is 128 cm³/mol. The minimum Gasteiger partial charge on any atom is -0.494 e. The molecule has 0 bridgehead atoms. The number of rotatable bonds is 8. The molecular weight excluding hydrogens is 392 g/mol. The Hall–Kier alpha value is -3.12. The van der Waals surface area contributed by atoms with E-state index in [9.17, 15) is 0 Å². The van der Waals surface area contributed by atoms with Crippen molar-refractivity contribution in [1.29, 1.82) is 0 Å². The molecule has 1 aromatic heterocycles. The van der Waals surface area contributed by atoms with E-state index in [1.807, 2.05) is 69.7 Å². The van der Waals surface area contributed by atoms with Gasteiger partial charge in [0.05, 0.1) is 18.8 Å². The molecule has 156 valence electrons. The van der Waals surface area contributed by atoms with Gasteiger partial charge in [0.2, 0.25) is 0 Å². The van der Waals surface area contributed by atoms with Gasteiger partial charge in [0.15, 0.2) is 5.11 Å². The van der Waals surface area contributed by atoms with Crippen LogP contribution in [0.5, 0.6) is 5.75 Å². The van der Waals surface area contributed by atoms with Crippen LogP contribution in [-0.4, -0.2) is 35.7 Å². The first-order valence-electron chi connectivity index (χ1n) is 10.00. The van der Waals surface area contributed by atoms with Crippen molar-refractivity contribution >= 4 is 28.7 Å². The summed E-state index contributed by atoms with van der Waals surface area (Å²) in [7, 11) is 4.08. The van der Waals surface area contributed by atoms with E-state index >= 15 is 0 Å². The highest BCUT2D eigenvalue weighted by Gasteiger charge is 2.13. The molecule has 1 N–H and O–H groups in total. The first-order chi connectivity index (χ1) is 14.5. The van der Waals surface area contributed by atoms with Gasteiger partial charge in [-0.2, -0.15) is 0 Å². The Morgan fingerprint density at radius 1 is 0.967 bits per heavy atom. The topological polar surface area (TPSA) is 40.6 Å². The Bertz CT molecular complexity index is 928. The first-order valence-corrected chi connectivity index (χ1v) is 10.4. The van der Waals surface area contributed by atoms with E-state index < -0.39 is 0 Å². The number of hydrogen-bond acceptors (Lipinski definition) is 4. The third kappa shape index (κ3) is 6.19. The highest BCUT2D eigenvalue weighted by atomic mass is 32.1. The van der Waals surface area contributed by atoms with Gasteiger partial charge >= 0.3 is 0 Å². The largest absolute Gasteiger partial charge is 0.494 e. The van der Waals surface area contributed by atoms with E-state index in [0.29, 0.717) is 24.8 Å². The molecule has 0 saturated heterocycles. The van der Waals surface area contributed by atoms with Crippen LogP contribution in [0.2, 0.25) is 0 Å². The molecule has 2 aromatic carbocycles. The summed E-state index contributed by atoms with van der Waals surface area (Å²) in [5.74, 6) is 0.847. The Morgan fingerprint density at radius 3 is 2.30 bits per heavy atom. The fraction of sp³-hybridized carbons (Fsp3) is 0.250. The van der Waals surface area contributed by atoms with Crippen molar-refractivity contribution < 1.29 is 4.74 Å². The molecule has 3 rings (SSSR count). The summed E-state index contributed by atoms with van der Waals surface area (Å²) >= 11 is 5.75. The third-order valence-corrected chi connectivity index (χ3v) is 4.97. The summed E-state index contributed by atoms with van der Waals surface area (Å²) in [5, 5.41) is 4.00. The van der Waals surface area contributed by atoms with Crippen LogP contribution in [-0.2, 0) is 13.1 Å². The Kier molecular flexibility index (Phi) is 7.63. The molecule has 0 radical (unpaired) electrons. The lowest BCUT2D eigenvalue weighted by atomic mass is 10.2. The Balaban J connectivity index is 1.74. The van der Waals surface area contributed by atoms with Crippen LogP contribution in [0.25, 0.3) is 0 Å². The highest BCUT2D eigenvalue weighted by Crippen LogP contribution is 2.18. The van der Waals surface area contributed by atoms with E-state index in [4.69, 9.17) is 17.0 Å². The lowest BCUT2D eigenvalue weighted by Gasteiger charge is -2.26. The molecular formula is C24H28N4OS. The van der Waals surface area contributed by atoms with Crippen molar-refractivity contribution in [1.82, 2.24) is 9.88 Å². The van der Waals surface area contributed by atoms with Crippen LogP contribution in [0.4, 0.5) is 11.4 Å². The molecule has 0 atom stereocenters. The Morgan fingerprint density at radius 2 is 1.70 bits per heavy atom. The normalized spacial score (nSPS) is 10.4. The van der Waals surface area contributed by atoms with Crippen LogP contribution in [0.3, 0.4) is 0 Å². The molecule has 30 heavy (non-hydrogen) atoms. The smallest absolute Gasteiger partial charge is 0.174 e. The van der Waals surface area contributed by atoms with E-state index in [1.165, 1.54) is 11.3 Å². The zero-order valence-electron chi connectivity index (χ0n) is 17.7. The van der Waals surface area contributed by atoms with Gasteiger partial charge in [-0.1, -0.05) is 18.2 Å². The first kappa shape index (κ1) is 21.6. The predicted octanol–water partition coefficient (Wildman–Crippen LogP) is 4.95. The SMILES string of the molecule is CCOc1ccc(NC(=S)N(Cc2ccc(N(C)C)cc2)Cc2ccccn2)cc1. The molecule has 0 saturated carbocycles. The molecule has 0 amide bonds. The fourth-order valence-corrected chi connectivity index (χ4v) is 3.26. The van der Waals surface area contributed by atoms with Crippen LogP contribution in [0.1, 0.15) is 18.2 Å². The standard InChI is InChI=1S/C24H28N4OS/c1-4-29-23-14-10-20(11-15-23)26-24(30)28(18-21-7-5-6-16-25-21)17-19-8-12-22(13-9-19)27(2)3/h5-16H,4,17-18H2,1-3H3,(H,26,30). The molecule has 3 aromatic rings. The molecule has 1 heterocycles. The second-order valence-corrected chi connectivity index (χ2v) is 7.51. The fourth-order valence-electron chi connectivity index (χ4n) is 3.01. The zero-order valence-corrected chi connectivity index (χ0v) is 18.5. The number of nitrogens with zero attached hydrogens (tertiary/aromatic N) is 3. The lowest BCUT2D eigenvalue weighted by Crippen LogP contribution is -2.34. The van der Waals surface area contributed by atoms with Crippen molar-refractivity contribution in [3.63, 3.8) is 0 Å². The van der Waals surface area contributed by atoms with Crippen molar-refractivity contribution in [2.24, 2.45) is 0 Å². The van der Waals surface area contributed by atoms with Crippen LogP contribution < -0.4 is 15.0 Å². The number of nitrogens with one attached hydrogen (secondary N) is 1. The maximum Gasteiger partial charge on any atom is 0.174 e. The van der Waals surface area contributed by atoms with Gasteiger partial charge in [0.25, 0.3) is 0 Å². The number of benzene rings is 2. The molecule has 0 spiro atoms. The number of pyridine rings is 1. The number of aromatic nitrogens is 1. The van der Waals surface area contributed by atoms with Gasteiger partial charge < -0.3 is 19.9 Å². The average molecular weight is 421 g/mol. The maximum atomic E-state index is 5.75. The quantitative estimate of drug-likeness (QED) is 0.520. The summed E-state index contributed by atoms with van der Waals surface area (Å²) < 4.78 is 5.51. The second kappa shape index (κ2) is 10.6. The van der Waals surface area contributed by atoms with Gasteiger partial charge in [-0.15, -0.1) is 0 Å². The summed E-state index contributed by atoms with van der Waals surface area (Å²) in [6, 6.07) is 22.3. The van der Waals surface area contributed by atoms with Gasteiger partial charge in [-0.05, 0) is 73.2 Å². The van der Waals surface area contributed by atoms with Gasteiger partial charge in [-0.3, -0.25) is 4.98 Å². The van der Waals surface area contributed by atoms with Crippen LogP contribution in [0, 0.1) is 0 Å². The number of hydrogen-bond donors (Lipinski definition) is 1. The zero-order chi connectivity index (χ0) is 21.3. The molecule has 0 aliphatic rings. The Labute approximate surface area is 184 Å². The van der Waals surface area contributed by atoms with Gasteiger partial charge in [0, 0.05) is 38.2 Å². The monoisotopic (exact) mass is 420 g/mol. The van der Waals surface area contributed by atoms with Gasteiger partial charge in [-0.25, -0.2) is 0 Å². The molecule has 0 fully saturated rings. The summed E-state index contributed by atoms with van der Waals surface area (Å²) in [5.41, 5.74) is 4.26. The minimum atomic E-state index is 0.624. The van der Waals surface area contributed by atoms with Gasteiger partial charge in [0.1, 0.15) is 5.75 Å². The molecule has 0 aliphatic heterocycles. The summed E-state index contributed by atoms with van der Waals surface area (Å²) in [6.45, 7) is 3.93. The minimum absolute atomic E-state index is 0.624. The highest BCUT2D eigenvalue weighted by molar-refractivity contribution is 7.80. The number of anilines is 2. The van der Waals surface area contributed by atoms with Crippen molar-refractivity contribution in [2.45, 2.75) is 20.0 Å². The van der Waals surface area contributed by atoms with E-state index in [2.05, 4.69) is 44.4 Å². The maximum absolute atomic E-state index is 5.75. The third-order valence-electron chi connectivity index (χ3n) is 4.61. The lowest BCUT2D eigenvalue weighted by molar-refractivity contribution is 0.340. The molecule has 5 nitrogen and oxygen atoms in total. The molecule has 6 heteroatoms. The van der Waals surface area contributed by atoms with E-state index in [-0.39, 0.29) is 0 Å². The summed E-state index contributed by atoms with van der Waals surface area (Å²) in [6.07, 6.45) is 1.81. The van der Waals surface area contributed by atoms with Crippen molar-refractivity contribution in [3.05, 3.63) is 84.2 Å². The van der Waals surface area contributed by atoms with E-state index in [0.717, 1.165) is 17.1 Å². The average Bonchev–Trinajstić information content (AvgIpc) is 2.76.